The smallest absolute Gasteiger partial charge is 0.191 e. The van der Waals surface area contributed by atoms with Crippen molar-refractivity contribution >= 4 is 5.96 Å². The van der Waals surface area contributed by atoms with Crippen LogP contribution >= 0.6 is 0 Å². The van der Waals surface area contributed by atoms with Crippen LogP contribution in [0.15, 0.2) is 23.2 Å². The van der Waals surface area contributed by atoms with Crippen LogP contribution in [0.4, 0.5) is 0 Å². The van der Waals surface area contributed by atoms with E-state index in [1.165, 1.54) is 57.2 Å². The third kappa shape index (κ3) is 7.30. The number of nitrogens with zero attached hydrogens (tertiary/aromatic N) is 2. The van der Waals surface area contributed by atoms with Crippen molar-refractivity contribution in [1.82, 2.24) is 15.5 Å². The molecule has 0 atom stereocenters. The normalized spacial score (nSPS) is 18.9. The second-order valence-electron chi connectivity index (χ2n) is 8.68. The fraction of sp³-hybridized carbons (Fsp3) is 0.720. The first-order valence-electron chi connectivity index (χ1n) is 12.3. The summed E-state index contributed by atoms with van der Waals surface area (Å²) in [5.74, 6) is 2.58. The van der Waals surface area contributed by atoms with Crippen LogP contribution in [0.25, 0.3) is 0 Å². The first-order valence-corrected chi connectivity index (χ1v) is 12.3. The van der Waals surface area contributed by atoms with E-state index < -0.39 is 0 Å². The van der Waals surface area contributed by atoms with Gasteiger partial charge in [0.2, 0.25) is 0 Å². The molecule has 1 saturated carbocycles. The van der Waals surface area contributed by atoms with Gasteiger partial charge in [0.05, 0.1) is 13.7 Å². The van der Waals surface area contributed by atoms with E-state index >= 15 is 0 Å². The highest BCUT2D eigenvalue weighted by Gasteiger charge is 2.27. The number of methoxy groups -OCH3 is 1. The molecule has 0 radical (unpaired) electrons. The average molecular weight is 431 g/mol. The minimum atomic E-state index is 0.533. The molecule has 2 fully saturated rings. The van der Waals surface area contributed by atoms with E-state index in [1.807, 2.05) is 13.0 Å². The highest BCUT2D eigenvalue weighted by molar-refractivity contribution is 5.80. The van der Waals surface area contributed by atoms with Gasteiger partial charge in [-0.1, -0.05) is 18.9 Å². The van der Waals surface area contributed by atoms with E-state index in [-0.39, 0.29) is 0 Å². The van der Waals surface area contributed by atoms with Crippen molar-refractivity contribution in [3.8, 4) is 11.5 Å². The molecule has 2 aliphatic rings. The van der Waals surface area contributed by atoms with Crippen LogP contribution in [0.3, 0.4) is 0 Å². The molecule has 0 aromatic heterocycles. The number of rotatable bonds is 10. The number of hydrogen-bond donors (Lipinski definition) is 2. The fourth-order valence-corrected chi connectivity index (χ4v) is 4.81. The second-order valence-corrected chi connectivity index (χ2v) is 8.68. The quantitative estimate of drug-likeness (QED) is 0.334. The molecular formula is C25H42N4O2. The number of ether oxygens (including phenoxy) is 2. The van der Waals surface area contributed by atoms with Gasteiger partial charge in [-0.25, -0.2) is 0 Å². The van der Waals surface area contributed by atoms with E-state index in [0.29, 0.717) is 12.6 Å². The van der Waals surface area contributed by atoms with Crippen LogP contribution in [0.5, 0.6) is 11.5 Å². The highest BCUT2D eigenvalue weighted by atomic mass is 16.5. The second kappa shape index (κ2) is 12.8. The van der Waals surface area contributed by atoms with Crippen molar-refractivity contribution in [3.05, 3.63) is 23.8 Å². The predicted octanol–water partition coefficient (Wildman–Crippen LogP) is 3.99. The first kappa shape index (κ1) is 23.7. The lowest BCUT2D eigenvalue weighted by Crippen LogP contribution is -2.50. The number of hydrogen-bond acceptors (Lipinski definition) is 4. The van der Waals surface area contributed by atoms with Crippen molar-refractivity contribution < 1.29 is 9.47 Å². The summed E-state index contributed by atoms with van der Waals surface area (Å²) in [6.45, 7) is 8.92. The number of aryl methyl sites for hydroxylation is 1. The number of likely N-dealkylation sites (tertiary alicyclic amines) is 1. The topological polar surface area (TPSA) is 58.1 Å². The van der Waals surface area contributed by atoms with Gasteiger partial charge in [-0.15, -0.1) is 0 Å². The maximum Gasteiger partial charge on any atom is 0.191 e. The summed E-state index contributed by atoms with van der Waals surface area (Å²) in [6, 6.07) is 7.59. The Balaban J connectivity index is 1.44. The van der Waals surface area contributed by atoms with E-state index in [2.05, 4.69) is 34.6 Å². The van der Waals surface area contributed by atoms with Crippen LogP contribution in [-0.4, -0.2) is 62.8 Å². The summed E-state index contributed by atoms with van der Waals surface area (Å²) < 4.78 is 11.1. The minimum absolute atomic E-state index is 0.533. The SMILES string of the molecule is CCNC(=NCCCc1ccc(OC)c(OCC)c1)NC1CCN(C2CCCC2)CC1. The minimum Gasteiger partial charge on any atom is -0.493 e. The Kier molecular flexibility index (Phi) is 9.79. The highest BCUT2D eigenvalue weighted by Crippen LogP contribution is 2.28. The zero-order valence-electron chi connectivity index (χ0n) is 19.8. The fourth-order valence-electron chi connectivity index (χ4n) is 4.81. The Hall–Kier alpha value is -1.95. The molecule has 1 aromatic carbocycles. The maximum absolute atomic E-state index is 5.69. The third-order valence-electron chi connectivity index (χ3n) is 6.48. The molecular weight excluding hydrogens is 388 g/mol. The Morgan fingerprint density at radius 2 is 1.87 bits per heavy atom. The first-order chi connectivity index (χ1) is 15.2. The zero-order valence-corrected chi connectivity index (χ0v) is 19.8. The maximum atomic E-state index is 5.69. The van der Waals surface area contributed by atoms with Crippen LogP contribution in [0.2, 0.25) is 0 Å². The van der Waals surface area contributed by atoms with E-state index in [9.17, 15) is 0 Å². The lowest BCUT2D eigenvalue weighted by atomic mass is 10.0. The number of benzene rings is 1. The van der Waals surface area contributed by atoms with E-state index in [4.69, 9.17) is 14.5 Å². The van der Waals surface area contributed by atoms with Crippen LogP contribution in [0.1, 0.15) is 64.4 Å². The molecule has 1 aromatic rings. The molecule has 6 heteroatoms. The molecule has 0 unspecified atom stereocenters. The third-order valence-corrected chi connectivity index (χ3v) is 6.48. The molecule has 6 nitrogen and oxygen atoms in total. The van der Waals surface area contributed by atoms with Gasteiger partial charge in [-0.05, 0) is 70.1 Å². The van der Waals surface area contributed by atoms with E-state index in [1.54, 1.807) is 7.11 Å². The Labute approximate surface area is 188 Å². The largest absolute Gasteiger partial charge is 0.493 e. The zero-order chi connectivity index (χ0) is 21.9. The van der Waals surface area contributed by atoms with Crippen molar-refractivity contribution in [1.29, 1.82) is 0 Å². The van der Waals surface area contributed by atoms with Gasteiger partial charge in [0, 0.05) is 38.3 Å². The molecule has 2 N–H and O–H groups in total. The van der Waals surface area contributed by atoms with Gasteiger partial charge in [-0.2, -0.15) is 0 Å². The molecule has 174 valence electrons. The molecule has 31 heavy (non-hydrogen) atoms. The average Bonchev–Trinajstić information content (AvgIpc) is 3.33. The van der Waals surface area contributed by atoms with Crippen molar-refractivity contribution in [3.63, 3.8) is 0 Å². The molecule has 3 rings (SSSR count). The van der Waals surface area contributed by atoms with Crippen molar-refractivity contribution in [2.24, 2.45) is 4.99 Å². The van der Waals surface area contributed by atoms with Crippen LogP contribution in [0, 0.1) is 0 Å². The van der Waals surface area contributed by atoms with Gasteiger partial charge in [0.25, 0.3) is 0 Å². The lowest BCUT2D eigenvalue weighted by molar-refractivity contribution is 0.150. The molecule has 0 amide bonds. The molecule has 0 spiro atoms. The Morgan fingerprint density at radius 1 is 1.10 bits per heavy atom. The summed E-state index contributed by atoms with van der Waals surface area (Å²) in [6.07, 6.45) is 10.1. The van der Waals surface area contributed by atoms with Crippen molar-refractivity contribution in [2.75, 3.05) is 39.9 Å². The van der Waals surface area contributed by atoms with Gasteiger partial charge in [0.15, 0.2) is 17.5 Å². The molecule has 1 saturated heterocycles. The summed E-state index contributed by atoms with van der Waals surface area (Å²) in [5, 5.41) is 7.11. The number of piperidine rings is 1. The van der Waals surface area contributed by atoms with Crippen LogP contribution < -0.4 is 20.1 Å². The number of aliphatic imine (C=N–C) groups is 1. The Morgan fingerprint density at radius 3 is 2.55 bits per heavy atom. The summed E-state index contributed by atoms with van der Waals surface area (Å²) in [7, 11) is 1.68. The van der Waals surface area contributed by atoms with Gasteiger partial charge >= 0.3 is 0 Å². The number of guanidine groups is 1. The van der Waals surface area contributed by atoms with Gasteiger partial charge < -0.3 is 25.0 Å². The Bertz CT molecular complexity index is 680. The van der Waals surface area contributed by atoms with Gasteiger partial charge in [-0.3, -0.25) is 4.99 Å². The standard InChI is InChI=1S/C25H42N4O2/c1-4-26-25(28-21-14-17-29(18-15-21)22-10-6-7-11-22)27-16-8-9-20-12-13-23(30-3)24(19-20)31-5-2/h12-13,19,21-22H,4-11,14-18H2,1-3H3,(H2,26,27,28). The molecule has 0 bridgehead atoms. The molecule has 1 aliphatic heterocycles. The van der Waals surface area contributed by atoms with Gasteiger partial charge in [0.1, 0.15) is 0 Å². The lowest BCUT2D eigenvalue weighted by Gasteiger charge is -2.36. The van der Waals surface area contributed by atoms with E-state index in [0.717, 1.165) is 49.4 Å². The van der Waals surface area contributed by atoms with Crippen molar-refractivity contribution in [2.45, 2.75) is 77.3 Å². The summed E-state index contributed by atoms with van der Waals surface area (Å²) >= 11 is 0. The monoisotopic (exact) mass is 430 g/mol. The summed E-state index contributed by atoms with van der Waals surface area (Å²) in [4.78, 5) is 7.56. The molecule has 1 heterocycles. The molecule has 1 aliphatic carbocycles. The summed E-state index contributed by atoms with van der Waals surface area (Å²) in [5.41, 5.74) is 1.26. The predicted molar refractivity (Wildman–Crippen MR) is 128 cm³/mol. The number of nitrogens with one attached hydrogen (secondary N) is 2. The van der Waals surface area contributed by atoms with Crippen LogP contribution in [-0.2, 0) is 6.42 Å².